The number of rotatable bonds is 8. The van der Waals surface area contributed by atoms with Gasteiger partial charge in [-0.05, 0) is 42.4 Å². The van der Waals surface area contributed by atoms with Crippen molar-refractivity contribution in [1.29, 1.82) is 0 Å². The fourth-order valence-corrected chi connectivity index (χ4v) is 5.53. The highest BCUT2D eigenvalue weighted by atomic mass is 32.1. The van der Waals surface area contributed by atoms with Crippen LogP contribution in [0.3, 0.4) is 0 Å². The maximum atomic E-state index is 13.3. The van der Waals surface area contributed by atoms with Crippen LogP contribution < -0.4 is 10.2 Å². The zero-order chi connectivity index (χ0) is 24.7. The Balaban J connectivity index is 1.14. The van der Waals surface area contributed by atoms with Crippen LogP contribution in [0, 0.1) is 12.8 Å². The predicted molar refractivity (Wildman–Crippen MR) is 147 cm³/mol. The van der Waals surface area contributed by atoms with Gasteiger partial charge in [-0.2, -0.15) is 4.37 Å². The van der Waals surface area contributed by atoms with E-state index in [0.717, 1.165) is 54.4 Å². The second-order valence-electron chi connectivity index (χ2n) is 9.59. The number of piperidine rings is 1. The number of aryl methyl sites for hydroxylation is 1. The standard InChI is InChI=1S/C30H32N4OS/c1-22-12-14-23(15-13-22)20-27-32-30(36-33-27)34-18-16-24(17-19-34)21-31-29(35)28(25-8-4-2-5-9-25)26-10-6-3-7-11-26/h2-15,24,28H,16-21H2,1H3,(H,31,35). The average molecular weight is 497 g/mol. The third-order valence-electron chi connectivity index (χ3n) is 6.92. The third kappa shape index (κ3) is 6.00. The molecule has 6 heteroatoms. The Morgan fingerprint density at radius 3 is 2.17 bits per heavy atom. The number of anilines is 1. The fraction of sp³-hybridized carbons (Fsp3) is 0.300. The van der Waals surface area contributed by atoms with Crippen molar-refractivity contribution in [2.45, 2.75) is 32.1 Å². The molecule has 36 heavy (non-hydrogen) atoms. The van der Waals surface area contributed by atoms with E-state index in [4.69, 9.17) is 4.98 Å². The van der Waals surface area contributed by atoms with Crippen LogP contribution in [0.5, 0.6) is 0 Å². The van der Waals surface area contributed by atoms with E-state index in [2.05, 4.69) is 45.8 Å². The van der Waals surface area contributed by atoms with Gasteiger partial charge in [0, 0.05) is 37.6 Å². The van der Waals surface area contributed by atoms with Gasteiger partial charge < -0.3 is 10.2 Å². The molecule has 3 aromatic carbocycles. The number of nitrogens with zero attached hydrogens (tertiary/aromatic N) is 3. The van der Waals surface area contributed by atoms with Gasteiger partial charge >= 0.3 is 0 Å². The second-order valence-corrected chi connectivity index (χ2v) is 10.3. The summed E-state index contributed by atoms with van der Waals surface area (Å²) in [5.41, 5.74) is 4.55. The van der Waals surface area contributed by atoms with Crippen LogP contribution in [-0.4, -0.2) is 34.9 Å². The number of nitrogens with one attached hydrogen (secondary N) is 1. The Morgan fingerprint density at radius 2 is 1.56 bits per heavy atom. The van der Waals surface area contributed by atoms with Crippen molar-refractivity contribution < 1.29 is 4.79 Å². The van der Waals surface area contributed by atoms with Crippen LogP contribution in [0.4, 0.5) is 5.13 Å². The topological polar surface area (TPSA) is 58.1 Å². The summed E-state index contributed by atoms with van der Waals surface area (Å²) in [6, 6.07) is 28.6. The molecular weight excluding hydrogens is 464 g/mol. The summed E-state index contributed by atoms with van der Waals surface area (Å²) in [6.07, 6.45) is 2.84. The van der Waals surface area contributed by atoms with Gasteiger partial charge in [0.25, 0.3) is 0 Å². The Labute approximate surface area is 217 Å². The molecular formula is C30H32N4OS. The first-order valence-electron chi connectivity index (χ1n) is 12.7. The van der Waals surface area contributed by atoms with Gasteiger partial charge in [0.15, 0.2) is 0 Å². The van der Waals surface area contributed by atoms with Gasteiger partial charge in [-0.25, -0.2) is 4.98 Å². The zero-order valence-electron chi connectivity index (χ0n) is 20.6. The van der Waals surface area contributed by atoms with Crippen molar-refractivity contribution >= 4 is 22.6 Å². The number of hydrogen-bond donors (Lipinski definition) is 1. The van der Waals surface area contributed by atoms with E-state index in [0.29, 0.717) is 12.5 Å². The lowest BCUT2D eigenvalue weighted by Crippen LogP contribution is -2.40. The van der Waals surface area contributed by atoms with Crippen LogP contribution in [-0.2, 0) is 11.2 Å². The molecule has 1 saturated heterocycles. The molecule has 5 rings (SSSR count). The van der Waals surface area contributed by atoms with Crippen molar-refractivity contribution in [3.8, 4) is 0 Å². The average Bonchev–Trinajstić information content (AvgIpc) is 3.39. The second kappa shape index (κ2) is 11.5. The van der Waals surface area contributed by atoms with Crippen molar-refractivity contribution in [1.82, 2.24) is 14.7 Å². The first-order valence-corrected chi connectivity index (χ1v) is 13.4. The van der Waals surface area contributed by atoms with Gasteiger partial charge in [-0.1, -0.05) is 90.5 Å². The predicted octanol–water partition coefficient (Wildman–Crippen LogP) is 5.60. The first kappa shape index (κ1) is 24.2. The molecule has 0 radical (unpaired) electrons. The highest BCUT2D eigenvalue weighted by molar-refractivity contribution is 7.09. The van der Waals surface area contributed by atoms with Gasteiger partial charge in [-0.15, -0.1) is 0 Å². The number of carbonyl (C=O) groups is 1. The van der Waals surface area contributed by atoms with Crippen LogP contribution >= 0.6 is 11.5 Å². The summed E-state index contributed by atoms with van der Waals surface area (Å²) >= 11 is 1.49. The molecule has 0 unspecified atom stereocenters. The normalized spacial score (nSPS) is 14.2. The lowest BCUT2D eigenvalue weighted by molar-refractivity contribution is -0.121. The monoisotopic (exact) mass is 496 g/mol. The molecule has 184 valence electrons. The highest BCUT2D eigenvalue weighted by Gasteiger charge is 2.26. The van der Waals surface area contributed by atoms with Crippen molar-refractivity contribution in [2.75, 3.05) is 24.5 Å². The van der Waals surface area contributed by atoms with Crippen LogP contribution in [0.15, 0.2) is 84.9 Å². The highest BCUT2D eigenvalue weighted by Crippen LogP contribution is 2.27. The molecule has 0 aliphatic carbocycles. The van der Waals surface area contributed by atoms with Gasteiger partial charge in [0.2, 0.25) is 11.0 Å². The van der Waals surface area contributed by atoms with E-state index in [-0.39, 0.29) is 11.8 Å². The van der Waals surface area contributed by atoms with Crippen LogP contribution in [0.2, 0.25) is 0 Å². The van der Waals surface area contributed by atoms with E-state index < -0.39 is 0 Å². The lowest BCUT2D eigenvalue weighted by Gasteiger charge is -2.31. The molecule has 1 aromatic heterocycles. The summed E-state index contributed by atoms with van der Waals surface area (Å²) in [5, 5.41) is 4.26. The molecule has 1 fully saturated rings. The molecule has 0 atom stereocenters. The number of aromatic nitrogens is 2. The van der Waals surface area contributed by atoms with E-state index >= 15 is 0 Å². The zero-order valence-corrected chi connectivity index (χ0v) is 21.5. The molecule has 2 heterocycles. The van der Waals surface area contributed by atoms with Crippen LogP contribution in [0.1, 0.15) is 46.8 Å². The Hall–Kier alpha value is -3.51. The fourth-order valence-electron chi connectivity index (χ4n) is 4.80. The Kier molecular flexibility index (Phi) is 7.72. The summed E-state index contributed by atoms with van der Waals surface area (Å²) in [5.74, 6) is 1.14. The summed E-state index contributed by atoms with van der Waals surface area (Å²) in [7, 11) is 0. The quantitative estimate of drug-likeness (QED) is 0.345. The molecule has 1 aliphatic rings. The first-order chi connectivity index (χ1) is 17.7. The van der Waals surface area contributed by atoms with Crippen LogP contribution in [0.25, 0.3) is 0 Å². The van der Waals surface area contributed by atoms with E-state index in [1.807, 2.05) is 60.7 Å². The van der Waals surface area contributed by atoms with E-state index in [1.165, 1.54) is 22.7 Å². The molecule has 4 aromatic rings. The number of hydrogen-bond acceptors (Lipinski definition) is 5. The minimum atomic E-state index is -0.291. The molecule has 0 bridgehead atoms. The summed E-state index contributed by atoms with van der Waals surface area (Å²) in [4.78, 5) is 20.4. The van der Waals surface area contributed by atoms with Gasteiger partial charge in [0.1, 0.15) is 5.82 Å². The summed E-state index contributed by atoms with van der Waals surface area (Å²) in [6.45, 7) is 4.70. The number of carbonyl (C=O) groups excluding carboxylic acids is 1. The minimum Gasteiger partial charge on any atom is -0.355 e. The lowest BCUT2D eigenvalue weighted by atomic mass is 9.90. The molecule has 5 nitrogen and oxygen atoms in total. The van der Waals surface area contributed by atoms with E-state index in [9.17, 15) is 4.79 Å². The molecule has 0 spiro atoms. The smallest absolute Gasteiger partial charge is 0.232 e. The molecule has 1 aliphatic heterocycles. The third-order valence-corrected chi connectivity index (χ3v) is 7.73. The SMILES string of the molecule is Cc1ccc(Cc2nsc(N3CCC(CNC(=O)C(c4ccccc4)c4ccccc4)CC3)n2)cc1. The van der Waals surface area contributed by atoms with Gasteiger partial charge in [0.05, 0.1) is 5.92 Å². The molecule has 0 saturated carbocycles. The molecule has 1 amide bonds. The Morgan fingerprint density at radius 1 is 0.944 bits per heavy atom. The number of benzene rings is 3. The summed E-state index contributed by atoms with van der Waals surface area (Å²) < 4.78 is 4.60. The largest absolute Gasteiger partial charge is 0.355 e. The van der Waals surface area contributed by atoms with Crippen molar-refractivity contribution in [3.05, 3.63) is 113 Å². The van der Waals surface area contributed by atoms with Crippen molar-refractivity contribution in [3.63, 3.8) is 0 Å². The van der Waals surface area contributed by atoms with E-state index in [1.54, 1.807) is 0 Å². The van der Waals surface area contributed by atoms with Crippen molar-refractivity contribution in [2.24, 2.45) is 5.92 Å². The number of amides is 1. The maximum Gasteiger partial charge on any atom is 0.232 e. The maximum absolute atomic E-state index is 13.3. The van der Waals surface area contributed by atoms with Gasteiger partial charge in [-0.3, -0.25) is 4.79 Å². The molecule has 1 N–H and O–H groups in total. The Bertz CT molecular complexity index is 1210. The minimum absolute atomic E-state index is 0.0692.